The van der Waals surface area contributed by atoms with Crippen molar-refractivity contribution in [1.82, 2.24) is 0 Å². The average molecular weight is 603 g/mol. The Morgan fingerprint density at radius 3 is 0.841 bits per heavy atom. The summed E-state index contributed by atoms with van der Waals surface area (Å²) >= 11 is 0. The number of hydrogen-bond acceptors (Lipinski definition) is 0. The summed E-state index contributed by atoms with van der Waals surface area (Å²) in [7, 11) is -0.973. The zero-order valence-corrected chi connectivity index (χ0v) is 26.6. The number of rotatable bonds is 11. The van der Waals surface area contributed by atoms with Crippen LogP contribution in [0.3, 0.4) is 0 Å². The van der Waals surface area contributed by atoms with Gasteiger partial charge in [-0.05, 0) is 71.6 Å². The molecule has 0 bridgehead atoms. The summed E-state index contributed by atoms with van der Waals surface area (Å²) in [6.07, 6.45) is 11.1. The van der Waals surface area contributed by atoms with Gasteiger partial charge in [0.1, 0.15) is 0 Å². The Kier molecular flexibility index (Phi) is 10.4. The van der Waals surface area contributed by atoms with E-state index in [2.05, 4.69) is 194 Å². The van der Waals surface area contributed by atoms with Gasteiger partial charge in [0.05, 0.1) is 0 Å². The van der Waals surface area contributed by atoms with E-state index in [0.29, 0.717) is 0 Å². The van der Waals surface area contributed by atoms with Crippen molar-refractivity contribution >= 4 is 61.4 Å². The Balaban J connectivity index is 1.23. The van der Waals surface area contributed by atoms with E-state index in [9.17, 15) is 0 Å². The van der Waals surface area contributed by atoms with E-state index in [1.54, 1.807) is 0 Å². The molecule has 0 aliphatic heterocycles. The van der Waals surface area contributed by atoms with E-state index >= 15 is 0 Å². The molecule has 0 amide bonds. The molecular formula is C42H36P2. The van der Waals surface area contributed by atoms with Crippen molar-refractivity contribution < 1.29 is 0 Å². The molecule has 0 nitrogen and oxygen atoms in total. The summed E-state index contributed by atoms with van der Waals surface area (Å²) in [6, 6.07) is 61.7. The van der Waals surface area contributed by atoms with Crippen LogP contribution in [0.2, 0.25) is 0 Å². The van der Waals surface area contributed by atoms with Crippen LogP contribution in [0.25, 0.3) is 24.3 Å². The van der Waals surface area contributed by atoms with E-state index in [1.165, 1.54) is 43.5 Å². The molecule has 2 unspecified atom stereocenters. The van der Waals surface area contributed by atoms with E-state index in [-0.39, 0.29) is 0 Å². The summed E-state index contributed by atoms with van der Waals surface area (Å²) in [5, 5.41) is 5.76. The van der Waals surface area contributed by atoms with Gasteiger partial charge in [-0.1, -0.05) is 194 Å². The minimum Gasteiger partial charge on any atom is -0.0622 e. The lowest BCUT2D eigenvalue weighted by atomic mass is 10.1. The molecule has 0 radical (unpaired) electrons. The van der Waals surface area contributed by atoms with Crippen molar-refractivity contribution in [2.75, 3.05) is 12.3 Å². The molecule has 6 rings (SSSR count). The first-order chi connectivity index (χ1) is 21.8. The van der Waals surface area contributed by atoms with Gasteiger partial charge in [-0.15, -0.1) is 0 Å². The van der Waals surface area contributed by atoms with Crippen LogP contribution in [0.4, 0.5) is 0 Å². The molecule has 0 heterocycles. The SMILES string of the molecule is C(=C\c1ccc(P(CCP(c2ccccc2)c2ccc(/C=C/c3ccccc3)cc2)c2ccccc2)cc1)/c1ccccc1. The van der Waals surface area contributed by atoms with Gasteiger partial charge >= 0.3 is 0 Å². The minimum atomic E-state index is -0.486. The minimum absolute atomic E-state index is 0.486. The fourth-order valence-electron chi connectivity index (χ4n) is 5.27. The van der Waals surface area contributed by atoms with Gasteiger partial charge in [-0.3, -0.25) is 0 Å². The Labute approximate surface area is 265 Å². The molecule has 2 atom stereocenters. The van der Waals surface area contributed by atoms with E-state index < -0.39 is 15.8 Å². The topological polar surface area (TPSA) is 0 Å². The maximum Gasteiger partial charge on any atom is -0.0195 e. The highest BCUT2D eigenvalue weighted by molar-refractivity contribution is 7.76. The molecular weight excluding hydrogens is 566 g/mol. The van der Waals surface area contributed by atoms with Crippen molar-refractivity contribution in [1.29, 1.82) is 0 Å². The second kappa shape index (κ2) is 15.4. The van der Waals surface area contributed by atoms with Crippen molar-refractivity contribution in [3.63, 3.8) is 0 Å². The van der Waals surface area contributed by atoms with Crippen molar-refractivity contribution in [3.05, 3.63) is 192 Å². The first kappa shape index (κ1) is 29.7. The predicted octanol–water partition coefficient (Wildman–Crippen LogP) is 9.59. The predicted molar refractivity (Wildman–Crippen MR) is 199 cm³/mol. The van der Waals surface area contributed by atoms with Crippen LogP contribution in [-0.2, 0) is 0 Å². The second-order valence-corrected chi connectivity index (χ2v) is 15.3. The molecule has 0 saturated carbocycles. The number of hydrogen-bond donors (Lipinski definition) is 0. The molecule has 44 heavy (non-hydrogen) atoms. The molecule has 0 aliphatic carbocycles. The smallest absolute Gasteiger partial charge is 0.0195 e. The zero-order valence-electron chi connectivity index (χ0n) is 24.8. The maximum absolute atomic E-state index is 2.35. The van der Waals surface area contributed by atoms with Crippen molar-refractivity contribution in [2.45, 2.75) is 0 Å². The van der Waals surface area contributed by atoms with Crippen LogP contribution in [0, 0.1) is 0 Å². The lowest BCUT2D eigenvalue weighted by Gasteiger charge is -2.24. The maximum atomic E-state index is 2.35. The third kappa shape index (κ3) is 8.18. The third-order valence-electron chi connectivity index (χ3n) is 7.63. The van der Waals surface area contributed by atoms with E-state index in [1.807, 2.05) is 0 Å². The standard InChI is InChI=1S/C42H36P2/c1-5-13-35(14-6-1)21-23-37-25-29-41(30-26-37)43(39-17-9-3-10-18-39)33-34-44(40-19-11-4-12-20-40)42-31-27-38(28-32-42)24-22-36-15-7-2-8-16-36/h1-32H,33-34H2/b23-21+,24-22+. The van der Waals surface area contributed by atoms with Crippen molar-refractivity contribution in [3.8, 4) is 0 Å². The fourth-order valence-corrected chi connectivity index (χ4v) is 10.6. The van der Waals surface area contributed by atoms with Gasteiger partial charge in [-0.25, -0.2) is 0 Å². The first-order valence-electron chi connectivity index (χ1n) is 15.1. The van der Waals surface area contributed by atoms with Crippen LogP contribution in [0.15, 0.2) is 170 Å². The summed E-state index contributed by atoms with van der Waals surface area (Å²) in [4.78, 5) is 0. The van der Waals surface area contributed by atoms with Crippen LogP contribution in [-0.4, -0.2) is 12.3 Å². The highest BCUT2D eigenvalue weighted by Crippen LogP contribution is 2.41. The lowest BCUT2D eigenvalue weighted by molar-refractivity contribution is 1.51. The molecule has 0 spiro atoms. The van der Waals surface area contributed by atoms with Crippen LogP contribution in [0.1, 0.15) is 22.3 Å². The van der Waals surface area contributed by atoms with Gasteiger partial charge in [0.25, 0.3) is 0 Å². The Morgan fingerprint density at radius 1 is 0.273 bits per heavy atom. The monoisotopic (exact) mass is 602 g/mol. The third-order valence-corrected chi connectivity index (χ3v) is 13.0. The summed E-state index contributed by atoms with van der Waals surface area (Å²) < 4.78 is 0. The Morgan fingerprint density at radius 2 is 0.523 bits per heavy atom. The van der Waals surface area contributed by atoms with Gasteiger partial charge in [-0.2, -0.15) is 0 Å². The van der Waals surface area contributed by atoms with Crippen LogP contribution >= 0.6 is 15.8 Å². The molecule has 0 N–H and O–H groups in total. The van der Waals surface area contributed by atoms with E-state index in [0.717, 1.165) is 12.3 Å². The van der Waals surface area contributed by atoms with Gasteiger partial charge < -0.3 is 0 Å². The summed E-state index contributed by atoms with van der Waals surface area (Å²) in [5.41, 5.74) is 4.90. The highest BCUT2D eigenvalue weighted by atomic mass is 31.1. The summed E-state index contributed by atoms with van der Waals surface area (Å²) in [6.45, 7) is 0. The van der Waals surface area contributed by atoms with Gasteiger partial charge in [0, 0.05) is 0 Å². The van der Waals surface area contributed by atoms with E-state index in [4.69, 9.17) is 0 Å². The average Bonchev–Trinajstić information content (AvgIpc) is 3.11. The van der Waals surface area contributed by atoms with Crippen LogP contribution < -0.4 is 21.2 Å². The summed E-state index contributed by atoms with van der Waals surface area (Å²) in [5.74, 6) is 0. The molecule has 0 saturated heterocycles. The second-order valence-electron chi connectivity index (χ2n) is 10.6. The molecule has 0 aliphatic rings. The molecule has 0 fully saturated rings. The molecule has 6 aromatic rings. The zero-order chi connectivity index (χ0) is 29.8. The molecule has 2 heteroatoms. The largest absolute Gasteiger partial charge is 0.0622 e. The first-order valence-corrected chi connectivity index (χ1v) is 18.2. The Bertz CT molecular complexity index is 1620. The van der Waals surface area contributed by atoms with Crippen molar-refractivity contribution in [2.24, 2.45) is 0 Å². The molecule has 214 valence electrons. The highest BCUT2D eigenvalue weighted by Gasteiger charge is 2.19. The molecule has 0 aromatic heterocycles. The molecule has 6 aromatic carbocycles. The normalized spacial score (nSPS) is 12.8. The van der Waals surface area contributed by atoms with Crippen LogP contribution in [0.5, 0.6) is 0 Å². The Hall–Kier alpha value is -4.34. The quantitative estimate of drug-likeness (QED) is 0.102. The van der Waals surface area contributed by atoms with Gasteiger partial charge in [0.2, 0.25) is 0 Å². The lowest BCUT2D eigenvalue weighted by Crippen LogP contribution is -2.20. The number of benzene rings is 6. The fraction of sp³-hybridized carbons (Fsp3) is 0.0476. The van der Waals surface area contributed by atoms with Gasteiger partial charge in [0.15, 0.2) is 0 Å².